The van der Waals surface area contributed by atoms with E-state index in [1.807, 2.05) is 0 Å². The Labute approximate surface area is 126 Å². The molecule has 1 amide bonds. The number of amides is 1. The lowest BCUT2D eigenvalue weighted by Gasteiger charge is -2.44. The van der Waals surface area contributed by atoms with E-state index in [1.54, 1.807) is 18.2 Å². The number of fused-ring (bicyclic) bond motifs is 1. The van der Waals surface area contributed by atoms with Crippen LogP contribution in [0.25, 0.3) is 0 Å². The highest BCUT2D eigenvalue weighted by atomic mass is 16.2. The molecule has 1 heterocycles. The Morgan fingerprint density at radius 1 is 1.24 bits per heavy atom. The Balaban J connectivity index is 1.89. The van der Waals surface area contributed by atoms with Gasteiger partial charge in [-0.1, -0.05) is 18.8 Å². The zero-order valence-electron chi connectivity index (χ0n) is 12.3. The third-order valence-corrected chi connectivity index (χ3v) is 4.93. The van der Waals surface area contributed by atoms with Gasteiger partial charge in [0.25, 0.3) is 5.91 Å². The Kier molecular flexibility index (Phi) is 3.88. The van der Waals surface area contributed by atoms with Gasteiger partial charge >= 0.3 is 0 Å². The summed E-state index contributed by atoms with van der Waals surface area (Å²) >= 11 is 0. The highest BCUT2D eigenvalue weighted by molar-refractivity contribution is 5.97. The van der Waals surface area contributed by atoms with E-state index in [-0.39, 0.29) is 5.91 Å². The number of hydrogen-bond acceptors (Lipinski definition) is 2. The number of benzene rings is 1. The molecule has 1 aromatic rings. The summed E-state index contributed by atoms with van der Waals surface area (Å²) in [5.41, 5.74) is 7.60. The van der Waals surface area contributed by atoms with Gasteiger partial charge in [-0.3, -0.25) is 4.79 Å². The van der Waals surface area contributed by atoms with Crippen LogP contribution >= 0.6 is 0 Å². The number of nitrogens with zero attached hydrogens (tertiary/aromatic N) is 1. The lowest BCUT2D eigenvalue weighted by molar-refractivity contribution is 0.0390. The molecule has 2 unspecified atom stereocenters. The van der Waals surface area contributed by atoms with E-state index in [0.29, 0.717) is 28.8 Å². The Bertz CT molecular complexity index is 585. The Morgan fingerprint density at radius 2 is 2.00 bits per heavy atom. The maximum absolute atomic E-state index is 12.9. The SMILES string of the molecule is C#Cc1cc(N)ccc1C(=O)N1CCCC2CCCCC21. The van der Waals surface area contributed by atoms with Crippen LogP contribution in [-0.2, 0) is 0 Å². The van der Waals surface area contributed by atoms with Crippen LogP contribution in [0.5, 0.6) is 0 Å². The fraction of sp³-hybridized carbons (Fsp3) is 0.500. The summed E-state index contributed by atoms with van der Waals surface area (Å²) in [6.45, 7) is 0.856. The molecule has 1 aliphatic heterocycles. The van der Waals surface area contributed by atoms with Crippen molar-refractivity contribution in [1.29, 1.82) is 0 Å². The molecule has 2 fully saturated rings. The maximum Gasteiger partial charge on any atom is 0.255 e. The lowest BCUT2D eigenvalue weighted by atomic mass is 9.78. The molecule has 3 rings (SSSR count). The molecule has 0 bridgehead atoms. The number of hydrogen-bond donors (Lipinski definition) is 1. The molecule has 3 heteroatoms. The van der Waals surface area contributed by atoms with E-state index in [2.05, 4.69) is 10.8 Å². The van der Waals surface area contributed by atoms with Crippen molar-refractivity contribution < 1.29 is 4.79 Å². The van der Waals surface area contributed by atoms with Crippen LogP contribution in [0, 0.1) is 18.3 Å². The molecule has 2 N–H and O–H groups in total. The van der Waals surface area contributed by atoms with Crippen molar-refractivity contribution in [3.05, 3.63) is 29.3 Å². The molecule has 0 aromatic heterocycles. The number of likely N-dealkylation sites (tertiary alicyclic amines) is 1. The highest BCUT2D eigenvalue weighted by Crippen LogP contribution is 2.36. The third-order valence-electron chi connectivity index (χ3n) is 4.93. The molecule has 1 aliphatic carbocycles. The number of anilines is 1. The van der Waals surface area contributed by atoms with Gasteiger partial charge in [0.1, 0.15) is 0 Å². The summed E-state index contributed by atoms with van der Waals surface area (Å²) in [5, 5.41) is 0. The van der Waals surface area contributed by atoms with Crippen LogP contribution in [-0.4, -0.2) is 23.4 Å². The summed E-state index contributed by atoms with van der Waals surface area (Å²) < 4.78 is 0. The van der Waals surface area contributed by atoms with E-state index < -0.39 is 0 Å². The fourth-order valence-corrected chi connectivity index (χ4v) is 3.90. The Morgan fingerprint density at radius 3 is 2.81 bits per heavy atom. The molecule has 1 aromatic carbocycles. The van der Waals surface area contributed by atoms with Crippen LogP contribution in [0.4, 0.5) is 5.69 Å². The van der Waals surface area contributed by atoms with Gasteiger partial charge < -0.3 is 10.6 Å². The number of carbonyl (C=O) groups excluding carboxylic acids is 1. The number of piperidine rings is 1. The molecule has 3 nitrogen and oxygen atoms in total. The van der Waals surface area contributed by atoms with Gasteiger partial charge in [0.2, 0.25) is 0 Å². The summed E-state index contributed by atoms with van der Waals surface area (Å²) in [6.07, 6.45) is 12.8. The van der Waals surface area contributed by atoms with Gasteiger partial charge in [0.15, 0.2) is 0 Å². The van der Waals surface area contributed by atoms with Crippen molar-refractivity contribution in [2.45, 2.75) is 44.6 Å². The molecule has 2 atom stereocenters. The molecular formula is C18H22N2O. The normalized spacial score (nSPS) is 25.0. The molecule has 2 aliphatic rings. The second-order valence-corrected chi connectivity index (χ2v) is 6.20. The number of carbonyl (C=O) groups is 1. The van der Waals surface area contributed by atoms with Crippen LogP contribution in [0.2, 0.25) is 0 Å². The third kappa shape index (κ3) is 2.63. The first-order chi connectivity index (χ1) is 10.2. The van der Waals surface area contributed by atoms with Crippen molar-refractivity contribution in [2.75, 3.05) is 12.3 Å². The predicted molar refractivity (Wildman–Crippen MR) is 84.8 cm³/mol. The maximum atomic E-state index is 12.9. The summed E-state index contributed by atoms with van der Waals surface area (Å²) in [5.74, 6) is 3.36. The molecule has 21 heavy (non-hydrogen) atoms. The second kappa shape index (κ2) is 5.81. The summed E-state index contributed by atoms with van der Waals surface area (Å²) in [6, 6.07) is 5.66. The van der Waals surface area contributed by atoms with Gasteiger partial charge in [0.05, 0.1) is 5.56 Å². The van der Waals surface area contributed by atoms with E-state index in [0.717, 1.165) is 19.4 Å². The van der Waals surface area contributed by atoms with E-state index in [4.69, 9.17) is 12.2 Å². The monoisotopic (exact) mass is 282 g/mol. The fourth-order valence-electron chi connectivity index (χ4n) is 3.90. The van der Waals surface area contributed by atoms with Crippen LogP contribution in [0.1, 0.15) is 54.4 Å². The van der Waals surface area contributed by atoms with Crippen molar-refractivity contribution in [3.8, 4) is 12.3 Å². The second-order valence-electron chi connectivity index (χ2n) is 6.20. The van der Waals surface area contributed by atoms with Gasteiger partial charge in [0, 0.05) is 23.8 Å². The average Bonchev–Trinajstić information content (AvgIpc) is 2.53. The van der Waals surface area contributed by atoms with Crippen LogP contribution in [0.15, 0.2) is 18.2 Å². The zero-order valence-corrected chi connectivity index (χ0v) is 12.3. The van der Waals surface area contributed by atoms with E-state index >= 15 is 0 Å². The molecule has 1 saturated heterocycles. The number of terminal acetylenes is 1. The predicted octanol–water partition coefficient (Wildman–Crippen LogP) is 3.04. The molecule has 1 saturated carbocycles. The van der Waals surface area contributed by atoms with Crippen LogP contribution < -0.4 is 5.73 Å². The molecule has 0 radical (unpaired) electrons. The van der Waals surface area contributed by atoms with E-state index in [9.17, 15) is 4.79 Å². The van der Waals surface area contributed by atoms with Gasteiger partial charge in [-0.05, 0) is 49.8 Å². The average molecular weight is 282 g/mol. The zero-order chi connectivity index (χ0) is 14.8. The molecule has 0 spiro atoms. The minimum absolute atomic E-state index is 0.0829. The Hall–Kier alpha value is -1.95. The van der Waals surface area contributed by atoms with Gasteiger partial charge in [-0.15, -0.1) is 6.42 Å². The van der Waals surface area contributed by atoms with E-state index in [1.165, 1.54) is 25.7 Å². The summed E-state index contributed by atoms with van der Waals surface area (Å²) in [4.78, 5) is 15.0. The number of rotatable bonds is 1. The smallest absolute Gasteiger partial charge is 0.255 e. The minimum Gasteiger partial charge on any atom is -0.399 e. The van der Waals surface area contributed by atoms with Crippen LogP contribution in [0.3, 0.4) is 0 Å². The van der Waals surface area contributed by atoms with Crippen molar-refractivity contribution in [2.24, 2.45) is 5.92 Å². The van der Waals surface area contributed by atoms with Crippen molar-refractivity contribution in [3.63, 3.8) is 0 Å². The number of nitrogen functional groups attached to an aromatic ring is 1. The topological polar surface area (TPSA) is 46.3 Å². The first-order valence-electron chi connectivity index (χ1n) is 7.88. The first-order valence-corrected chi connectivity index (χ1v) is 7.88. The first kappa shape index (κ1) is 14.0. The molecule has 110 valence electrons. The summed E-state index contributed by atoms with van der Waals surface area (Å²) in [7, 11) is 0. The lowest BCUT2D eigenvalue weighted by Crippen LogP contribution is -2.49. The van der Waals surface area contributed by atoms with Crippen molar-refractivity contribution >= 4 is 11.6 Å². The standard InChI is InChI=1S/C18H22N2O/c1-2-13-12-15(19)9-10-16(13)18(21)20-11-5-7-14-6-3-4-8-17(14)20/h1,9-10,12,14,17H,3-8,11,19H2. The number of nitrogens with two attached hydrogens (primary N) is 1. The van der Waals surface area contributed by atoms with Crippen molar-refractivity contribution in [1.82, 2.24) is 4.90 Å². The largest absolute Gasteiger partial charge is 0.399 e. The van der Waals surface area contributed by atoms with Gasteiger partial charge in [-0.2, -0.15) is 0 Å². The van der Waals surface area contributed by atoms with Gasteiger partial charge in [-0.25, -0.2) is 0 Å². The highest BCUT2D eigenvalue weighted by Gasteiger charge is 2.36. The minimum atomic E-state index is 0.0829. The molecular weight excluding hydrogens is 260 g/mol. The quantitative estimate of drug-likeness (QED) is 0.635.